The Morgan fingerprint density at radius 3 is 2.40 bits per heavy atom. The molecule has 3 aromatic rings. The molecule has 2 aliphatic heterocycles. The van der Waals surface area contributed by atoms with Crippen molar-refractivity contribution in [1.29, 1.82) is 0 Å². The third-order valence-electron chi connectivity index (χ3n) is 6.42. The summed E-state index contributed by atoms with van der Waals surface area (Å²) in [4.78, 5) is 42.0. The second-order valence-corrected chi connectivity index (χ2v) is 10.2. The number of hydrogen-bond acceptors (Lipinski definition) is 4. The highest BCUT2D eigenvalue weighted by molar-refractivity contribution is 9.10. The van der Waals surface area contributed by atoms with Crippen LogP contribution >= 0.6 is 39.1 Å². The Balaban J connectivity index is 1.59. The standard InChI is InChI=1S/C26H20BrCl2N3O3/c1-2-14-6-8-15(9-7-14)22-21-23(32(30-22)24(33)16-4-3-5-17(27)12-16)26(35)31(25(21)34)20-11-10-18(28)13-19(20)29/h3-13,21-23,30H,2H2,1H3/t21-,22-,23-/m0/s1. The van der Waals surface area contributed by atoms with E-state index >= 15 is 0 Å². The minimum absolute atomic E-state index is 0.181. The molecule has 6 nitrogen and oxygen atoms in total. The molecule has 0 aromatic heterocycles. The number of imide groups is 1. The molecule has 0 spiro atoms. The van der Waals surface area contributed by atoms with Crippen LogP contribution < -0.4 is 10.3 Å². The first-order valence-corrected chi connectivity index (χ1v) is 12.6. The van der Waals surface area contributed by atoms with Gasteiger partial charge in [0.15, 0.2) is 0 Å². The van der Waals surface area contributed by atoms with Gasteiger partial charge in [0.05, 0.1) is 22.7 Å². The normalized spacial score (nSPS) is 21.5. The molecule has 1 N–H and O–H groups in total. The molecule has 2 saturated heterocycles. The molecule has 0 aliphatic carbocycles. The summed E-state index contributed by atoms with van der Waals surface area (Å²) in [5.74, 6) is -2.17. The van der Waals surface area contributed by atoms with Crippen LogP contribution in [0.1, 0.15) is 34.5 Å². The van der Waals surface area contributed by atoms with Crippen molar-refractivity contribution in [3.05, 3.63) is 97.9 Å². The molecule has 3 atom stereocenters. The molecule has 0 bridgehead atoms. The van der Waals surface area contributed by atoms with E-state index in [9.17, 15) is 14.4 Å². The maximum absolute atomic E-state index is 13.7. The van der Waals surface area contributed by atoms with E-state index in [1.807, 2.05) is 30.3 Å². The number of nitrogens with zero attached hydrogens (tertiary/aromatic N) is 2. The van der Waals surface area contributed by atoms with Crippen LogP contribution in [0.4, 0.5) is 5.69 Å². The number of amides is 3. The van der Waals surface area contributed by atoms with Crippen molar-refractivity contribution in [3.8, 4) is 0 Å². The molecule has 2 fully saturated rings. The van der Waals surface area contributed by atoms with Crippen molar-refractivity contribution in [2.45, 2.75) is 25.4 Å². The molecular formula is C26H20BrCl2N3O3. The number of benzene rings is 3. The van der Waals surface area contributed by atoms with Crippen molar-refractivity contribution in [1.82, 2.24) is 10.4 Å². The first-order valence-electron chi connectivity index (χ1n) is 11.1. The number of hydrazine groups is 1. The van der Waals surface area contributed by atoms with E-state index in [1.54, 1.807) is 30.3 Å². The van der Waals surface area contributed by atoms with Crippen LogP contribution in [0.5, 0.6) is 0 Å². The van der Waals surface area contributed by atoms with Gasteiger partial charge in [-0.25, -0.2) is 10.3 Å². The average molecular weight is 573 g/mol. The van der Waals surface area contributed by atoms with Gasteiger partial charge >= 0.3 is 0 Å². The van der Waals surface area contributed by atoms with Gasteiger partial charge in [-0.15, -0.1) is 0 Å². The second kappa shape index (κ2) is 9.39. The summed E-state index contributed by atoms with van der Waals surface area (Å²) >= 11 is 15.8. The average Bonchev–Trinajstić information content (AvgIpc) is 3.36. The van der Waals surface area contributed by atoms with Crippen LogP contribution in [0.3, 0.4) is 0 Å². The van der Waals surface area contributed by atoms with Crippen molar-refractivity contribution < 1.29 is 14.4 Å². The lowest BCUT2D eigenvalue weighted by molar-refractivity contribution is -0.123. The Morgan fingerprint density at radius 1 is 1.00 bits per heavy atom. The lowest BCUT2D eigenvalue weighted by Crippen LogP contribution is -2.48. The molecule has 35 heavy (non-hydrogen) atoms. The van der Waals surface area contributed by atoms with Crippen LogP contribution in [-0.4, -0.2) is 28.8 Å². The van der Waals surface area contributed by atoms with Crippen LogP contribution in [-0.2, 0) is 16.0 Å². The maximum Gasteiger partial charge on any atom is 0.268 e. The number of halogens is 3. The number of hydrogen-bond donors (Lipinski definition) is 1. The maximum atomic E-state index is 13.7. The molecular weight excluding hydrogens is 553 g/mol. The zero-order chi connectivity index (χ0) is 24.9. The fraction of sp³-hybridized carbons (Fsp3) is 0.192. The molecule has 178 valence electrons. The fourth-order valence-electron chi connectivity index (χ4n) is 4.67. The third kappa shape index (κ3) is 4.16. The fourth-order valence-corrected chi connectivity index (χ4v) is 5.57. The number of carbonyl (C=O) groups excluding carboxylic acids is 3. The van der Waals surface area contributed by atoms with Gasteiger partial charge in [0.2, 0.25) is 5.91 Å². The minimum Gasteiger partial charge on any atom is -0.274 e. The molecule has 3 aromatic carbocycles. The molecule has 0 radical (unpaired) electrons. The first-order chi connectivity index (χ1) is 16.8. The molecule has 0 saturated carbocycles. The SMILES string of the molecule is CCc1ccc([C@@H]2NN(C(=O)c3cccc(Br)c3)[C@@H]3C(=O)N(c4ccc(Cl)cc4Cl)C(=O)[C@H]32)cc1. The Kier molecular flexibility index (Phi) is 6.44. The van der Waals surface area contributed by atoms with Gasteiger partial charge in [0.25, 0.3) is 11.8 Å². The number of rotatable bonds is 4. The van der Waals surface area contributed by atoms with Gasteiger partial charge in [-0.3, -0.25) is 19.4 Å². The second-order valence-electron chi connectivity index (χ2n) is 8.47. The van der Waals surface area contributed by atoms with Crippen molar-refractivity contribution >= 4 is 62.5 Å². The molecule has 2 heterocycles. The number of aryl methyl sites for hydroxylation is 1. The van der Waals surface area contributed by atoms with Crippen molar-refractivity contribution in [2.24, 2.45) is 5.92 Å². The summed E-state index contributed by atoms with van der Waals surface area (Å²) < 4.78 is 0.731. The highest BCUT2D eigenvalue weighted by atomic mass is 79.9. The quantitative estimate of drug-likeness (QED) is 0.414. The van der Waals surface area contributed by atoms with E-state index in [2.05, 4.69) is 28.3 Å². The molecule has 3 amide bonds. The summed E-state index contributed by atoms with van der Waals surface area (Å²) in [5, 5.41) is 1.86. The monoisotopic (exact) mass is 571 g/mol. The van der Waals surface area contributed by atoms with E-state index < -0.39 is 35.7 Å². The lowest BCUT2D eigenvalue weighted by atomic mass is 9.90. The van der Waals surface area contributed by atoms with Crippen LogP contribution in [0.2, 0.25) is 10.0 Å². The summed E-state index contributed by atoms with van der Waals surface area (Å²) in [6, 6.07) is 17.7. The van der Waals surface area contributed by atoms with Gasteiger partial charge < -0.3 is 0 Å². The van der Waals surface area contributed by atoms with Gasteiger partial charge in [0, 0.05) is 15.1 Å². The lowest BCUT2D eigenvalue weighted by Gasteiger charge is -2.25. The number of anilines is 1. The van der Waals surface area contributed by atoms with E-state index in [1.165, 1.54) is 11.1 Å². The van der Waals surface area contributed by atoms with Crippen LogP contribution in [0.15, 0.2) is 71.2 Å². The Labute approximate surface area is 220 Å². The van der Waals surface area contributed by atoms with Gasteiger partial charge in [-0.1, -0.05) is 76.4 Å². The highest BCUT2D eigenvalue weighted by Crippen LogP contribution is 2.44. The summed E-state index contributed by atoms with van der Waals surface area (Å²) in [7, 11) is 0. The zero-order valence-corrected chi connectivity index (χ0v) is 21.6. The van der Waals surface area contributed by atoms with Crippen molar-refractivity contribution in [3.63, 3.8) is 0 Å². The summed E-state index contributed by atoms with van der Waals surface area (Å²) in [5.41, 5.74) is 5.76. The number of carbonyl (C=O) groups is 3. The van der Waals surface area contributed by atoms with Crippen molar-refractivity contribution in [2.75, 3.05) is 4.90 Å². The highest BCUT2D eigenvalue weighted by Gasteiger charge is 2.60. The smallest absolute Gasteiger partial charge is 0.268 e. The molecule has 5 rings (SSSR count). The predicted octanol–water partition coefficient (Wildman–Crippen LogP) is 5.58. The largest absolute Gasteiger partial charge is 0.274 e. The number of fused-ring (bicyclic) bond motifs is 1. The Morgan fingerprint density at radius 2 is 1.74 bits per heavy atom. The third-order valence-corrected chi connectivity index (χ3v) is 7.45. The first kappa shape index (κ1) is 24.0. The minimum atomic E-state index is -1.03. The summed E-state index contributed by atoms with van der Waals surface area (Å²) in [6.45, 7) is 2.06. The Hall–Kier alpha value is -2.71. The zero-order valence-electron chi connectivity index (χ0n) is 18.5. The number of nitrogens with one attached hydrogen (secondary N) is 1. The van der Waals surface area contributed by atoms with E-state index in [-0.39, 0.29) is 10.7 Å². The Bertz CT molecular complexity index is 1350. The molecule has 9 heteroatoms. The van der Waals surface area contributed by atoms with Crippen LogP contribution in [0.25, 0.3) is 0 Å². The van der Waals surface area contributed by atoms with E-state index in [4.69, 9.17) is 23.2 Å². The van der Waals surface area contributed by atoms with Gasteiger partial charge in [0.1, 0.15) is 6.04 Å². The molecule has 0 unspecified atom stereocenters. The predicted molar refractivity (Wildman–Crippen MR) is 138 cm³/mol. The van der Waals surface area contributed by atoms with E-state index in [0.717, 1.165) is 26.9 Å². The van der Waals surface area contributed by atoms with Crippen LogP contribution in [0, 0.1) is 5.92 Å². The van der Waals surface area contributed by atoms with Gasteiger partial charge in [-0.2, -0.15) is 0 Å². The molecule has 2 aliphatic rings. The topological polar surface area (TPSA) is 69.7 Å². The van der Waals surface area contributed by atoms with E-state index in [0.29, 0.717) is 10.6 Å². The summed E-state index contributed by atoms with van der Waals surface area (Å²) in [6.07, 6.45) is 0.873. The van der Waals surface area contributed by atoms with Gasteiger partial charge in [-0.05, 0) is 53.9 Å².